The number of nitrogens with one attached hydrogen (secondary N) is 2. The lowest BCUT2D eigenvalue weighted by Crippen LogP contribution is -2.04. The summed E-state index contributed by atoms with van der Waals surface area (Å²) in [5.74, 6) is 0. The third kappa shape index (κ3) is 1.75. The van der Waals surface area contributed by atoms with E-state index >= 15 is 0 Å². The largest absolute Gasteiger partial charge is 0.388 e. The Hall–Kier alpha value is -1.64. The number of aldehydes is 1. The Bertz CT molecular complexity index is 345. The summed E-state index contributed by atoms with van der Waals surface area (Å²) < 4.78 is 0. The molecule has 0 bridgehead atoms. The normalized spacial score (nSPS) is 9.38. The summed E-state index contributed by atoms with van der Waals surface area (Å²) in [6.07, 6.45) is 0.772. The highest BCUT2D eigenvalue weighted by molar-refractivity contribution is 6.07. The molecule has 3 nitrogen and oxygen atoms in total. The van der Waals surface area contributed by atoms with Gasteiger partial charge in [-0.15, -0.1) is 0 Å². The monoisotopic (exact) mass is 176 g/mol. The van der Waals surface area contributed by atoms with Crippen LogP contribution in [0.5, 0.6) is 0 Å². The van der Waals surface area contributed by atoms with Crippen LogP contribution >= 0.6 is 0 Å². The topological polar surface area (TPSA) is 53.0 Å². The van der Waals surface area contributed by atoms with Gasteiger partial charge in [0, 0.05) is 29.6 Å². The van der Waals surface area contributed by atoms with E-state index in [1.54, 1.807) is 26.1 Å². The molecule has 0 heterocycles. The number of rotatable bonds is 3. The van der Waals surface area contributed by atoms with Gasteiger partial charge in [0.2, 0.25) is 0 Å². The maximum absolute atomic E-state index is 10.7. The van der Waals surface area contributed by atoms with Crippen LogP contribution in [-0.2, 0) is 0 Å². The van der Waals surface area contributed by atoms with Crippen molar-refractivity contribution in [1.82, 2.24) is 0 Å². The van der Waals surface area contributed by atoms with E-state index in [1.165, 1.54) is 0 Å². The predicted octanol–water partition coefficient (Wildman–Crippen LogP) is 1.93. The molecule has 0 fully saturated rings. The molecule has 3 heteroatoms. The Morgan fingerprint density at radius 2 is 2.23 bits per heavy atom. The highest BCUT2D eigenvalue weighted by Crippen LogP contribution is 2.18. The van der Waals surface area contributed by atoms with Crippen molar-refractivity contribution in [3.8, 4) is 0 Å². The van der Waals surface area contributed by atoms with Gasteiger partial charge in [-0.1, -0.05) is 12.1 Å². The lowest BCUT2D eigenvalue weighted by atomic mass is 10.0. The van der Waals surface area contributed by atoms with Crippen LogP contribution in [0.1, 0.15) is 22.8 Å². The lowest BCUT2D eigenvalue weighted by molar-refractivity contribution is 0.112. The van der Waals surface area contributed by atoms with E-state index in [1.807, 2.05) is 6.07 Å². The van der Waals surface area contributed by atoms with Crippen molar-refractivity contribution >= 4 is 17.7 Å². The second-order valence-electron chi connectivity index (χ2n) is 2.76. The maximum Gasteiger partial charge on any atom is 0.150 e. The molecule has 0 unspecified atom stereocenters. The number of carbonyl (C=O) groups excluding carboxylic acids is 1. The average Bonchev–Trinajstić information content (AvgIpc) is 2.16. The van der Waals surface area contributed by atoms with Gasteiger partial charge in [-0.2, -0.15) is 0 Å². The zero-order valence-electron chi connectivity index (χ0n) is 7.72. The Morgan fingerprint density at radius 3 is 2.69 bits per heavy atom. The molecule has 1 aromatic rings. The molecule has 0 spiro atoms. The van der Waals surface area contributed by atoms with Crippen molar-refractivity contribution in [3.05, 3.63) is 29.3 Å². The molecular weight excluding hydrogens is 164 g/mol. The molecule has 68 valence electrons. The van der Waals surface area contributed by atoms with Gasteiger partial charge in [-0.3, -0.25) is 4.79 Å². The van der Waals surface area contributed by atoms with Gasteiger partial charge in [0.05, 0.1) is 0 Å². The number of hydrogen-bond donors (Lipinski definition) is 2. The fraction of sp³-hybridized carbons (Fsp3) is 0.200. The zero-order valence-corrected chi connectivity index (χ0v) is 7.72. The summed E-state index contributed by atoms with van der Waals surface area (Å²) in [5, 5.41) is 10.5. The van der Waals surface area contributed by atoms with Crippen LogP contribution in [0.25, 0.3) is 0 Å². The van der Waals surface area contributed by atoms with Gasteiger partial charge in [0.25, 0.3) is 0 Å². The average molecular weight is 176 g/mol. The fourth-order valence-electron chi connectivity index (χ4n) is 1.30. The van der Waals surface area contributed by atoms with Gasteiger partial charge < -0.3 is 10.7 Å². The predicted molar refractivity (Wildman–Crippen MR) is 53.9 cm³/mol. The lowest BCUT2D eigenvalue weighted by Gasteiger charge is -2.09. The molecule has 1 rings (SSSR count). The van der Waals surface area contributed by atoms with E-state index in [4.69, 9.17) is 5.41 Å². The molecule has 2 N–H and O–H groups in total. The first-order valence-corrected chi connectivity index (χ1v) is 4.02. The van der Waals surface area contributed by atoms with Gasteiger partial charge in [0.1, 0.15) is 0 Å². The SMILES string of the molecule is CNc1cccc(C=O)c1C(C)=N. The van der Waals surface area contributed by atoms with Gasteiger partial charge in [0.15, 0.2) is 6.29 Å². The number of anilines is 1. The highest BCUT2D eigenvalue weighted by Gasteiger charge is 2.07. The smallest absolute Gasteiger partial charge is 0.150 e. The fourth-order valence-corrected chi connectivity index (χ4v) is 1.30. The van der Waals surface area contributed by atoms with E-state index in [-0.39, 0.29) is 0 Å². The second-order valence-corrected chi connectivity index (χ2v) is 2.76. The second kappa shape index (κ2) is 3.85. The number of benzene rings is 1. The first-order chi connectivity index (χ1) is 6.20. The van der Waals surface area contributed by atoms with Crippen molar-refractivity contribution in [2.75, 3.05) is 12.4 Å². The summed E-state index contributed by atoms with van der Waals surface area (Å²) in [6, 6.07) is 5.35. The molecule has 0 atom stereocenters. The molecule has 0 aliphatic heterocycles. The summed E-state index contributed by atoms with van der Waals surface area (Å²) in [6.45, 7) is 1.67. The van der Waals surface area contributed by atoms with Crippen LogP contribution < -0.4 is 5.32 Å². The van der Waals surface area contributed by atoms with E-state index in [9.17, 15) is 4.79 Å². The first kappa shape index (κ1) is 9.45. The summed E-state index contributed by atoms with van der Waals surface area (Å²) >= 11 is 0. The van der Waals surface area contributed by atoms with E-state index in [0.29, 0.717) is 16.8 Å². The van der Waals surface area contributed by atoms with Gasteiger partial charge in [-0.05, 0) is 13.0 Å². The van der Waals surface area contributed by atoms with Gasteiger partial charge >= 0.3 is 0 Å². The molecule has 0 saturated carbocycles. The molecule has 1 aromatic carbocycles. The van der Waals surface area contributed by atoms with Crippen molar-refractivity contribution in [1.29, 1.82) is 5.41 Å². The third-order valence-electron chi connectivity index (χ3n) is 1.87. The minimum Gasteiger partial charge on any atom is -0.388 e. The summed E-state index contributed by atoms with van der Waals surface area (Å²) in [4.78, 5) is 10.7. The van der Waals surface area contributed by atoms with Crippen molar-refractivity contribution in [2.45, 2.75) is 6.92 Å². The van der Waals surface area contributed by atoms with Crippen molar-refractivity contribution in [2.24, 2.45) is 0 Å². The minimum atomic E-state index is 0.395. The first-order valence-electron chi connectivity index (χ1n) is 4.02. The van der Waals surface area contributed by atoms with Crippen molar-refractivity contribution in [3.63, 3.8) is 0 Å². The van der Waals surface area contributed by atoms with Crippen LogP contribution in [0, 0.1) is 5.41 Å². The van der Waals surface area contributed by atoms with Crippen LogP contribution in [0.4, 0.5) is 5.69 Å². The molecule has 0 radical (unpaired) electrons. The van der Waals surface area contributed by atoms with Crippen LogP contribution in [0.3, 0.4) is 0 Å². The Kier molecular flexibility index (Phi) is 2.80. The molecule has 0 aliphatic carbocycles. The zero-order chi connectivity index (χ0) is 9.84. The molecule has 0 amide bonds. The maximum atomic E-state index is 10.7. The molecule has 13 heavy (non-hydrogen) atoms. The van der Waals surface area contributed by atoms with Crippen molar-refractivity contribution < 1.29 is 4.79 Å². The molecule has 0 saturated heterocycles. The Balaban J connectivity index is 3.38. The Morgan fingerprint density at radius 1 is 1.54 bits per heavy atom. The number of hydrogen-bond acceptors (Lipinski definition) is 3. The van der Waals surface area contributed by atoms with Crippen LogP contribution in [0.2, 0.25) is 0 Å². The standard InChI is InChI=1S/C10H12N2O/c1-7(11)10-8(6-13)4-3-5-9(10)12-2/h3-6,11-12H,1-2H3. The third-order valence-corrected chi connectivity index (χ3v) is 1.87. The number of carbonyl (C=O) groups is 1. The molecule has 0 aromatic heterocycles. The quantitative estimate of drug-likeness (QED) is 0.546. The summed E-state index contributed by atoms with van der Waals surface area (Å²) in [7, 11) is 1.77. The van der Waals surface area contributed by atoms with E-state index < -0.39 is 0 Å². The Labute approximate surface area is 77.3 Å². The highest BCUT2D eigenvalue weighted by atomic mass is 16.1. The minimum absolute atomic E-state index is 0.395. The van der Waals surface area contributed by atoms with E-state index in [0.717, 1.165) is 12.0 Å². The summed E-state index contributed by atoms with van der Waals surface area (Å²) in [5.41, 5.74) is 2.45. The molecular formula is C10H12N2O. The van der Waals surface area contributed by atoms with Crippen LogP contribution in [-0.4, -0.2) is 19.0 Å². The van der Waals surface area contributed by atoms with E-state index in [2.05, 4.69) is 5.32 Å². The van der Waals surface area contributed by atoms with Gasteiger partial charge in [-0.25, -0.2) is 0 Å². The molecule has 0 aliphatic rings. The van der Waals surface area contributed by atoms with Crippen LogP contribution in [0.15, 0.2) is 18.2 Å².